The number of carbonyl (C=O) groups is 2. The number of rotatable bonds is 11. The minimum Gasteiger partial charge on any atom is -0.354 e. The van der Waals surface area contributed by atoms with E-state index in [0.717, 1.165) is 35.1 Å². The molecule has 0 aliphatic heterocycles. The van der Waals surface area contributed by atoms with Crippen LogP contribution in [0.5, 0.6) is 0 Å². The minimum absolute atomic E-state index is 0.206. The van der Waals surface area contributed by atoms with Gasteiger partial charge in [-0.1, -0.05) is 55.8 Å². The Hall–Kier alpha value is -2.87. The van der Waals surface area contributed by atoms with E-state index in [0.29, 0.717) is 12.2 Å². The van der Waals surface area contributed by atoms with Gasteiger partial charge in [0, 0.05) is 13.1 Å². The molecule has 2 aromatic rings. The Bertz CT molecular complexity index is 1350. The highest BCUT2D eigenvalue weighted by Crippen LogP contribution is 2.60. The topological polar surface area (TPSA) is 86.8 Å². The SMILES string of the molecule is Cc1ccc(CN(C(=O)CN(c2ccc(C34CC5CC(CC(C5)C3)C4)cc2)S(C)(=O)=O)C(C)C(=O)NCC(C)C)cc1. The molecule has 0 aromatic heterocycles. The lowest BCUT2D eigenvalue weighted by Crippen LogP contribution is -2.51. The first kappa shape index (κ1) is 30.6. The second-order valence-electron chi connectivity index (χ2n) is 13.8. The molecule has 1 unspecified atom stereocenters. The van der Waals surface area contributed by atoms with Crippen LogP contribution >= 0.6 is 0 Å². The highest BCUT2D eigenvalue weighted by molar-refractivity contribution is 7.92. The molecule has 4 aliphatic rings. The third-order valence-electron chi connectivity index (χ3n) is 9.81. The van der Waals surface area contributed by atoms with Gasteiger partial charge in [-0.2, -0.15) is 0 Å². The van der Waals surface area contributed by atoms with Crippen LogP contribution in [-0.4, -0.2) is 50.5 Å². The number of aryl methyl sites for hydroxylation is 1. The van der Waals surface area contributed by atoms with E-state index in [1.165, 1.54) is 53.3 Å². The summed E-state index contributed by atoms with van der Waals surface area (Å²) in [5.41, 5.74) is 3.97. The van der Waals surface area contributed by atoms with E-state index in [9.17, 15) is 18.0 Å². The molecule has 6 rings (SSSR count). The van der Waals surface area contributed by atoms with Crippen molar-refractivity contribution in [3.05, 3.63) is 65.2 Å². The van der Waals surface area contributed by atoms with Gasteiger partial charge in [0.2, 0.25) is 21.8 Å². The van der Waals surface area contributed by atoms with Crippen LogP contribution in [0.3, 0.4) is 0 Å². The lowest BCUT2D eigenvalue weighted by Gasteiger charge is -2.57. The van der Waals surface area contributed by atoms with Gasteiger partial charge in [0.05, 0.1) is 11.9 Å². The van der Waals surface area contributed by atoms with Gasteiger partial charge < -0.3 is 10.2 Å². The van der Waals surface area contributed by atoms with Crippen LogP contribution in [-0.2, 0) is 31.6 Å². The van der Waals surface area contributed by atoms with Crippen LogP contribution in [0.1, 0.15) is 76.0 Å². The van der Waals surface area contributed by atoms with Crippen molar-refractivity contribution < 1.29 is 18.0 Å². The molecule has 4 fully saturated rings. The second-order valence-corrected chi connectivity index (χ2v) is 15.7. The molecule has 0 heterocycles. The summed E-state index contributed by atoms with van der Waals surface area (Å²) >= 11 is 0. The maximum atomic E-state index is 13.9. The third kappa shape index (κ3) is 6.69. The van der Waals surface area contributed by atoms with Gasteiger partial charge in [0.15, 0.2) is 0 Å². The predicted octanol–water partition coefficient (Wildman–Crippen LogP) is 5.42. The number of nitrogens with zero attached hydrogens (tertiary/aromatic N) is 2. The molecule has 2 amide bonds. The molecule has 1 atom stereocenters. The van der Waals surface area contributed by atoms with E-state index in [-0.39, 0.29) is 30.3 Å². The fraction of sp³-hybridized carbons (Fsp3) is 0.588. The van der Waals surface area contributed by atoms with E-state index in [1.54, 1.807) is 6.92 Å². The number of hydrogen-bond donors (Lipinski definition) is 1. The van der Waals surface area contributed by atoms with Crippen molar-refractivity contribution in [2.75, 3.05) is 23.7 Å². The maximum Gasteiger partial charge on any atom is 0.244 e. The molecule has 0 radical (unpaired) electrons. The molecule has 7 nitrogen and oxygen atoms in total. The second kappa shape index (κ2) is 12.0. The van der Waals surface area contributed by atoms with Crippen molar-refractivity contribution in [3.63, 3.8) is 0 Å². The van der Waals surface area contributed by atoms with E-state index < -0.39 is 22.0 Å². The van der Waals surface area contributed by atoms with Crippen molar-refractivity contribution >= 4 is 27.5 Å². The van der Waals surface area contributed by atoms with Gasteiger partial charge in [0.1, 0.15) is 12.6 Å². The van der Waals surface area contributed by atoms with E-state index in [1.807, 2.05) is 57.2 Å². The van der Waals surface area contributed by atoms with Gasteiger partial charge in [-0.25, -0.2) is 8.42 Å². The van der Waals surface area contributed by atoms with Crippen LogP contribution in [0.15, 0.2) is 48.5 Å². The van der Waals surface area contributed by atoms with Gasteiger partial charge in [-0.15, -0.1) is 0 Å². The number of anilines is 1. The highest BCUT2D eigenvalue weighted by Gasteiger charge is 2.51. The molecule has 1 N–H and O–H groups in total. The Kier molecular flexibility index (Phi) is 8.75. The Labute approximate surface area is 252 Å². The number of hydrogen-bond acceptors (Lipinski definition) is 4. The average Bonchev–Trinajstić information content (AvgIpc) is 2.92. The Balaban J connectivity index is 1.37. The van der Waals surface area contributed by atoms with Crippen LogP contribution in [0, 0.1) is 30.6 Å². The molecule has 2 aromatic carbocycles. The lowest BCUT2D eigenvalue weighted by atomic mass is 9.48. The maximum absolute atomic E-state index is 13.9. The molecule has 4 aliphatic carbocycles. The Morgan fingerprint density at radius 3 is 1.95 bits per heavy atom. The summed E-state index contributed by atoms with van der Waals surface area (Å²) in [5.74, 6) is 2.05. The standard InChI is InChI=1S/C34H47N3O4S/c1-23(2)20-35-33(39)25(4)36(21-26-8-6-24(3)7-9-26)32(38)22-37(42(5,40)41)31-12-10-30(11-13-31)34-17-27-14-28(18-34)16-29(15-27)19-34/h6-13,23,25,27-29H,14-22H2,1-5H3,(H,35,39). The van der Waals surface area contributed by atoms with E-state index in [2.05, 4.69) is 17.4 Å². The molecular weight excluding hydrogens is 546 g/mol. The lowest BCUT2D eigenvalue weighted by molar-refractivity contribution is -0.139. The molecule has 4 saturated carbocycles. The van der Waals surface area contributed by atoms with Crippen molar-refractivity contribution in [2.45, 2.75) is 84.2 Å². The van der Waals surface area contributed by atoms with Crippen LogP contribution in [0.4, 0.5) is 5.69 Å². The number of carbonyl (C=O) groups excluding carboxylic acids is 2. The Morgan fingerprint density at radius 1 is 0.905 bits per heavy atom. The van der Waals surface area contributed by atoms with Crippen molar-refractivity contribution in [2.24, 2.45) is 23.7 Å². The van der Waals surface area contributed by atoms with Gasteiger partial charge in [-0.3, -0.25) is 13.9 Å². The highest BCUT2D eigenvalue weighted by atomic mass is 32.2. The number of benzene rings is 2. The predicted molar refractivity (Wildman–Crippen MR) is 168 cm³/mol. The van der Waals surface area contributed by atoms with E-state index in [4.69, 9.17) is 0 Å². The summed E-state index contributed by atoms with van der Waals surface area (Å²) in [5, 5.41) is 2.92. The molecular formula is C34H47N3O4S. The van der Waals surface area contributed by atoms with Crippen molar-refractivity contribution in [3.8, 4) is 0 Å². The van der Waals surface area contributed by atoms with Crippen LogP contribution < -0.4 is 9.62 Å². The summed E-state index contributed by atoms with van der Waals surface area (Å²) < 4.78 is 27.3. The average molecular weight is 594 g/mol. The molecule has 42 heavy (non-hydrogen) atoms. The number of nitrogens with one attached hydrogen (secondary N) is 1. The third-order valence-corrected chi connectivity index (χ3v) is 11.0. The van der Waals surface area contributed by atoms with Gasteiger partial charge in [0.25, 0.3) is 0 Å². The van der Waals surface area contributed by atoms with Crippen LogP contribution in [0.2, 0.25) is 0 Å². The van der Waals surface area contributed by atoms with E-state index >= 15 is 0 Å². The summed E-state index contributed by atoms with van der Waals surface area (Å²) in [7, 11) is -3.76. The largest absolute Gasteiger partial charge is 0.354 e. The van der Waals surface area contributed by atoms with Crippen LogP contribution in [0.25, 0.3) is 0 Å². The first-order valence-corrected chi connectivity index (χ1v) is 17.4. The smallest absolute Gasteiger partial charge is 0.244 e. The van der Waals surface area contributed by atoms with Crippen molar-refractivity contribution in [1.82, 2.24) is 10.2 Å². The molecule has 8 heteroatoms. The minimum atomic E-state index is -3.76. The zero-order chi connectivity index (χ0) is 30.2. The zero-order valence-electron chi connectivity index (χ0n) is 25.8. The number of amides is 2. The molecule has 228 valence electrons. The summed E-state index contributed by atoms with van der Waals surface area (Å²) in [6, 6.07) is 15.0. The normalized spacial score (nSPS) is 25.3. The summed E-state index contributed by atoms with van der Waals surface area (Å²) in [6.45, 7) is 8.06. The fourth-order valence-corrected chi connectivity index (χ4v) is 8.83. The van der Waals surface area contributed by atoms with Crippen molar-refractivity contribution in [1.29, 1.82) is 0 Å². The summed E-state index contributed by atoms with van der Waals surface area (Å²) in [6.07, 6.45) is 8.94. The zero-order valence-corrected chi connectivity index (χ0v) is 26.6. The Morgan fingerprint density at radius 2 is 1.45 bits per heavy atom. The molecule has 0 saturated heterocycles. The molecule has 0 spiro atoms. The summed E-state index contributed by atoms with van der Waals surface area (Å²) in [4.78, 5) is 28.4. The first-order valence-electron chi connectivity index (χ1n) is 15.5. The molecule has 4 bridgehead atoms. The monoisotopic (exact) mass is 593 g/mol. The van der Waals surface area contributed by atoms with Gasteiger partial charge in [-0.05, 0) is 105 Å². The quantitative estimate of drug-likeness (QED) is 0.377. The number of sulfonamides is 1. The first-order chi connectivity index (χ1) is 19.8. The fourth-order valence-electron chi connectivity index (χ4n) is 7.98. The van der Waals surface area contributed by atoms with Gasteiger partial charge >= 0.3 is 0 Å².